The summed E-state index contributed by atoms with van der Waals surface area (Å²) in [5.41, 5.74) is 6.68. The first-order chi connectivity index (χ1) is 17.8. The van der Waals surface area contributed by atoms with E-state index in [9.17, 15) is 18.0 Å². The predicted octanol–water partition coefficient (Wildman–Crippen LogP) is 3.60. The van der Waals surface area contributed by atoms with Crippen LogP contribution in [0.1, 0.15) is 29.0 Å². The number of pyridine rings is 2. The van der Waals surface area contributed by atoms with E-state index in [1.165, 1.54) is 18.5 Å². The Morgan fingerprint density at radius 2 is 1.84 bits per heavy atom. The van der Waals surface area contributed by atoms with Crippen molar-refractivity contribution in [2.75, 3.05) is 18.0 Å². The summed E-state index contributed by atoms with van der Waals surface area (Å²) in [6, 6.07) is 6.94. The molecular weight excluding hydrogens is 483 g/mol. The zero-order valence-electron chi connectivity index (χ0n) is 19.9. The smallest absolute Gasteiger partial charge is 0.185 e. The molecule has 0 aliphatic carbocycles. The second-order valence-electron chi connectivity index (χ2n) is 9.14. The van der Waals surface area contributed by atoms with E-state index in [0.717, 1.165) is 23.9 Å². The summed E-state index contributed by atoms with van der Waals surface area (Å²) in [5.74, 6) is -3.17. The van der Waals surface area contributed by atoms with Gasteiger partial charge in [-0.3, -0.25) is 9.78 Å². The van der Waals surface area contributed by atoms with Crippen LogP contribution in [0.3, 0.4) is 0 Å². The Morgan fingerprint density at radius 3 is 2.54 bits per heavy atom. The number of anilines is 1. The number of Topliss-reactive ketones (excluding diaryl/α,β-unsaturated/α-hetero) is 1. The average Bonchev–Trinajstić information content (AvgIpc) is 3.39. The lowest BCUT2D eigenvalue weighted by Gasteiger charge is -2.42. The van der Waals surface area contributed by atoms with Crippen molar-refractivity contribution in [2.24, 2.45) is 11.7 Å². The molecule has 1 aliphatic heterocycles. The minimum absolute atomic E-state index is 0.0220. The summed E-state index contributed by atoms with van der Waals surface area (Å²) in [7, 11) is 0. The largest absolute Gasteiger partial charge is 0.369 e. The Bertz CT molecular complexity index is 1400. The van der Waals surface area contributed by atoms with Gasteiger partial charge < -0.3 is 10.6 Å². The fourth-order valence-corrected chi connectivity index (χ4v) is 4.96. The van der Waals surface area contributed by atoms with Crippen molar-refractivity contribution in [3.8, 4) is 11.3 Å². The second-order valence-corrected chi connectivity index (χ2v) is 9.14. The van der Waals surface area contributed by atoms with Crippen LogP contribution in [0.15, 0.2) is 61.4 Å². The maximum atomic E-state index is 14.5. The maximum Gasteiger partial charge on any atom is 0.185 e. The average molecular weight is 508 g/mol. The first-order valence-corrected chi connectivity index (χ1v) is 11.7. The molecule has 3 atom stereocenters. The van der Waals surface area contributed by atoms with E-state index in [2.05, 4.69) is 31.9 Å². The fourth-order valence-electron chi connectivity index (χ4n) is 4.96. The number of carbonyl (C=O) groups excluding carboxylic acids is 1. The molecule has 2 N–H and O–H groups in total. The van der Waals surface area contributed by atoms with Crippen LogP contribution in [0.5, 0.6) is 0 Å². The minimum atomic E-state index is -0.967. The summed E-state index contributed by atoms with van der Waals surface area (Å²) >= 11 is 0. The van der Waals surface area contributed by atoms with Crippen LogP contribution in [0, 0.1) is 23.4 Å². The van der Waals surface area contributed by atoms with Crippen LogP contribution >= 0.6 is 0 Å². The summed E-state index contributed by atoms with van der Waals surface area (Å²) < 4.78 is 44.8. The van der Waals surface area contributed by atoms with Crippen LogP contribution < -0.4 is 10.6 Å². The van der Waals surface area contributed by atoms with Crippen LogP contribution in [-0.4, -0.2) is 49.6 Å². The third-order valence-corrected chi connectivity index (χ3v) is 6.60. The van der Waals surface area contributed by atoms with Gasteiger partial charge in [0.2, 0.25) is 0 Å². The molecular formula is C26H24F3N7O. The van der Waals surface area contributed by atoms with Gasteiger partial charge in [0.05, 0.1) is 11.6 Å². The molecule has 0 spiro atoms. The summed E-state index contributed by atoms with van der Waals surface area (Å²) in [4.78, 5) is 27.5. The Kier molecular flexibility index (Phi) is 6.70. The first kappa shape index (κ1) is 24.6. The van der Waals surface area contributed by atoms with E-state index in [4.69, 9.17) is 5.73 Å². The van der Waals surface area contributed by atoms with E-state index >= 15 is 0 Å². The highest BCUT2D eigenvalue weighted by Gasteiger charge is 2.35. The lowest BCUT2D eigenvalue weighted by atomic mass is 9.89. The molecule has 1 saturated heterocycles. The normalized spacial score (nSPS) is 19.7. The number of hydrogen-bond donors (Lipinski definition) is 1. The maximum absolute atomic E-state index is 14.5. The summed E-state index contributed by atoms with van der Waals surface area (Å²) in [5, 5.41) is 4.25. The van der Waals surface area contributed by atoms with Crippen molar-refractivity contribution in [3.63, 3.8) is 0 Å². The van der Waals surface area contributed by atoms with Gasteiger partial charge in [0.15, 0.2) is 5.78 Å². The van der Waals surface area contributed by atoms with Crippen LogP contribution in [0.2, 0.25) is 0 Å². The van der Waals surface area contributed by atoms with Crippen molar-refractivity contribution in [1.82, 2.24) is 24.7 Å². The van der Waals surface area contributed by atoms with Gasteiger partial charge >= 0.3 is 0 Å². The molecule has 0 radical (unpaired) electrons. The van der Waals surface area contributed by atoms with Crippen molar-refractivity contribution >= 4 is 11.5 Å². The number of nitrogens with zero attached hydrogens (tertiary/aromatic N) is 6. The standard InChI is InChI=1S/C26H24F3N7O/c1-15-11-35(12-20(30)26(15)36-14-32-13-33-36)22-7-8-31-10-16(22)9-23(37)21-6-5-19(29)25(34-21)24-17(27)3-2-4-18(24)28/h2-8,10,13-15,20,26H,9,11-12,30H2,1H3/t15-,20+,26-/m0/s1. The van der Waals surface area contributed by atoms with Gasteiger partial charge in [-0.25, -0.2) is 27.8 Å². The number of rotatable bonds is 6. The monoisotopic (exact) mass is 507 g/mol. The highest BCUT2D eigenvalue weighted by atomic mass is 19.1. The number of nitrogens with two attached hydrogens (primary N) is 1. The molecule has 1 fully saturated rings. The van der Waals surface area contributed by atoms with E-state index in [1.807, 2.05) is 6.07 Å². The van der Waals surface area contributed by atoms with Gasteiger partial charge in [-0.05, 0) is 36.2 Å². The van der Waals surface area contributed by atoms with E-state index in [-0.39, 0.29) is 30.1 Å². The minimum Gasteiger partial charge on any atom is -0.369 e. The molecule has 4 heterocycles. The Morgan fingerprint density at radius 1 is 1.05 bits per heavy atom. The molecule has 37 heavy (non-hydrogen) atoms. The highest BCUT2D eigenvalue weighted by Crippen LogP contribution is 2.32. The Labute approximate surface area is 211 Å². The fraction of sp³-hybridized carbons (Fsp3) is 0.269. The van der Waals surface area contributed by atoms with Gasteiger partial charge in [0.25, 0.3) is 0 Å². The predicted molar refractivity (Wildman–Crippen MR) is 130 cm³/mol. The van der Waals surface area contributed by atoms with E-state index in [1.54, 1.807) is 23.4 Å². The molecule has 0 amide bonds. The number of benzene rings is 1. The molecule has 8 nitrogen and oxygen atoms in total. The molecule has 0 unspecified atom stereocenters. The summed E-state index contributed by atoms with van der Waals surface area (Å²) in [6.07, 6.45) is 6.28. The highest BCUT2D eigenvalue weighted by molar-refractivity contribution is 5.97. The number of carbonyl (C=O) groups is 1. The molecule has 0 saturated carbocycles. The number of ketones is 1. The topological polar surface area (TPSA) is 103 Å². The van der Waals surface area contributed by atoms with Gasteiger partial charge in [-0.15, -0.1) is 0 Å². The van der Waals surface area contributed by atoms with Crippen molar-refractivity contribution in [1.29, 1.82) is 0 Å². The van der Waals surface area contributed by atoms with Gasteiger partial charge in [0, 0.05) is 49.2 Å². The number of aromatic nitrogens is 5. The second kappa shape index (κ2) is 10.1. The van der Waals surface area contributed by atoms with Crippen molar-refractivity contribution < 1.29 is 18.0 Å². The zero-order chi connectivity index (χ0) is 26.1. The number of piperidine rings is 1. The van der Waals surface area contributed by atoms with Crippen molar-refractivity contribution in [3.05, 3.63) is 90.2 Å². The third-order valence-electron chi connectivity index (χ3n) is 6.60. The van der Waals surface area contributed by atoms with E-state index in [0.29, 0.717) is 18.7 Å². The lowest BCUT2D eigenvalue weighted by Crippen LogP contribution is -2.53. The Hall–Kier alpha value is -4.12. The molecule has 11 heteroatoms. The quantitative estimate of drug-likeness (QED) is 0.398. The molecule has 190 valence electrons. The van der Waals surface area contributed by atoms with E-state index < -0.39 is 34.5 Å². The lowest BCUT2D eigenvalue weighted by molar-refractivity contribution is 0.0988. The third kappa shape index (κ3) is 4.82. The van der Waals surface area contributed by atoms with Gasteiger partial charge in [-0.2, -0.15) is 5.10 Å². The SMILES string of the molecule is C[C@H]1CN(c2ccncc2CC(=O)c2ccc(F)c(-c3c(F)cccc3F)n2)C[C@@H](N)[C@H]1n1cncn1. The van der Waals surface area contributed by atoms with Crippen LogP contribution in [0.25, 0.3) is 11.3 Å². The molecule has 1 aromatic carbocycles. The molecule has 5 rings (SSSR count). The number of hydrogen-bond acceptors (Lipinski definition) is 7. The summed E-state index contributed by atoms with van der Waals surface area (Å²) in [6.45, 7) is 3.26. The first-order valence-electron chi connectivity index (χ1n) is 11.7. The molecule has 1 aliphatic rings. The van der Waals surface area contributed by atoms with Gasteiger partial charge in [0.1, 0.15) is 41.5 Å². The number of halogens is 3. The molecule has 4 aromatic rings. The Balaban J connectivity index is 1.40. The van der Waals surface area contributed by atoms with Crippen LogP contribution in [0.4, 0.5) is 18.9 Å². The van der Waals surface area contributed by atoms with Crippen LogP contribution in [-0.2, 0) is 6.42 Å². The van der Waals surface area contributed by atoms with Crippen molar-refractivity contribution in [2.45, 2.75) is 25.4 Å². The zero-order valence-corrected chi connectivity index (χ0v) is 19.9. The van der Waals surface area contributed by atoms with Gasteiger partial charge in [-0.1, -0.05) is 13.0 Å². The molecule has 3 aromatic heterocycles. The molecule has 0 bridgehead atoms.